The van der Waals surface area contributed by atoms with Crippen LogP contribution in [0.25, 0.3) is 0 Å². The summed E-state index contributed by atoms with van der Waals surface area (Å²) >= 11 is 0. The van der Waals surface area contributed by atoms with E-state index in [9.17, 15) is 4.79 Å². The van der Waals surface area contributed by atoms with Gasteiger partial charge in [0.1, 0.15) is 0 Å². The predicted octanol–water partition coefficient (Wildman–Crippen LogP) is 3.76. The van der Waals surface area contributed by atoms with Gasteiger partial charge in [0.2, 0.25) is 0 Å². The molecule has 0 saturated heterocycles. The van der Waals surface area contributed by atoms with Gasteiger partial charge in [0, 0.05) is 6.42 Å². The molecule has 0 radical (unpaired) electrons. The fourth-order valence-electron chi connectivity index (χ4n) is 2.27. The molecule has 0 unspecified atom stereocenters. The van der Waals surface area contributed by atoms with Gasteiger partial charge in [0.05, 0.1) is 8.07 Å². The topological polar surface area (TPSA) is 17.1 Å². The summed E-state index contributed by atoms with van der Waals surface area (Å²) in [5.74, 6) is 1.06. The summed E-state index contributed by atoms with van der Waals surface area (Å²) in [6.45, 7) is 14.3. The van der Waals surface area contributed by atoms with Crippen LogP contribution in [0, 0.1) is 11.8 Å². The molecule has 88 valence electrons. The monoisotopic (exact) mass is 234 g/mol. The number of Topliss-reactive ketones (excluding diaryl/α,β-unsaturated/α-hetero) is 1. The standard InChI is InChI=1S/C14H22OSi/c1-6-8-12-10-14(16(3,4)5)13(15)9-11(12)7-2/h6-7,10-12H,1-2,8-9H2,3-5H3/t11-,12-/m1/s1. The molecule has 16 heavy (non-hydrogen) atoms. The van der Waals surface area contributed by atoms with E-state index in [1.165, 1.54) is 0 Å². The molecular weight excluding hydrogens is 212 g/mol. The van der Waals surface area contributed by atoms with E-state index in [1.54, 1.807) is 0 Å². The second-order valence-electron chi connectivity index (χ2n) is 5.55. The third kappa shape index (κ3) is 2.82. The molecule has 0 aromatic rings. The molecular formula is C14H22OSi. The number of ketones is 1. The summed E-state index contributed by atoms with van der Waals surface area (Å²) in [4.78, 5) is 12.1. The van der Waals surface area contributed by atoms with Crippen LogP contribution >= 0.6 is 0 Å². The minimum absolute atomic E-state index is 0.297. The summed E-state index contributed by atoms with van der Waals surface area (Å²) in [6.07, 6.45) is 7.64. The molecule has 2 heteroatoms. The van der Waals surface area contributed by atoms with Crippen LogP contribution in [0.4, 0.5) is 0 Å². The van der Waals surface area contributed by atoms with E-state index in [0.717, 1.165) is 11.6 Å². The van der Waals surface area contributed by atoms with Crippen molar-refractivity contribution in [3.63, 3.8) is 0 Å². The molecule has 1 rings (SSSR count). The Kier molecular flexibility index (Phi) is 4.08. The van der Waals surface area contributed by atoms with Gasteiger partial charge >= 0.3 is 0 Å². The van der Waals surface area contributed by atoms with E-state index in [0.29, 0.717) is 24.0 Å². The first-order chi connectivity index (χ1) is 7.40. The average Bonchev–Trinajstić information content (AvgIpc) is 2.18. The SMILES string of the molecule is C=CC[C@@H]1C=C([Si](C)(C)C)C(=O)C[C@H]1C=C. The van der Waals surface area contributed by atoms with Gasteiger partial charge in [-0.15, -0.1) is 13.2 Å². The molecule has 1 aliphatic rings. The van der Waals surface area contributed by atoms with Crippen LogP contribution in [0.3, 0.4) is 0 Å². The van der Waals surface area contributed by atoms with Gasteiger partial charge in [-0.2, -0.15) is 0 Å². The van der Waals surface area contributed by atoms with Crippen molar-refractivity contribution >= 4 is 13.9 Å². The van der Waals surface area contributed by atoms with Crippen molar-refractivity contribution in [2.75, 3.05) is 0 Å². The zero-order chi connectivity index (χ0) is 12.3. The molecule has 0 aliphatic heterocycles. The molecule has 0 aromatic carbocycles. The molecule has 1 nitrogen and oxygen atoms in total. The lowest BCUT2D eigenvalue weighted by molar-refractivity contribution is -0.116. The Morgan fingerprint density at radius 3 is 2.50 bits per heavy atom. The lowest BCUT2D eigenvalue weighted by Gasteiger charge is -2.31. The Balaban J connectivity index is 3.05. The number of hydrogen-bond donors (Lipinski definition) is 0. The van der Waals surface area contributed by atoms with Gasteiger partial charge in [0.25, 0.3) is 0 Å². The first-order valence-corrected chi connectivity index (χ1v) is 9.39. The first-order valence-electron chi connectivity index (χ1n) is 5.89. The van der Waals surface area contributed by atoms with E-state index >= 15 is 0 Å². The third-order valence-corrected chi connectivity index (χ3v) is 5.26. The van der Waals surface area contributed by atoms with Crippen LogP contribution in [-0.2, 0) is 4.79 Å². The van der Waals surface area contributed by atoms with Crippen LogP contribution in [0.1, 0.15) is 12.8 Å². The maximum absolute atomic E-state index is 12.1. The maximum Gasteiger partial charge on any atom is 0.155 e. The fourth-order valence-corrected chi connectivity index (χ4v) is 3.92. The molecule has 0 spiro atoms. The molecule has 0 saturated carbocycles. The van der Waals surface area contributed by atoms with Gasteiger partial charge in [-0.25, -0.2) is 0 Å². The fraction of sp³-hybridized carbons (Fsp3) is 0.500. The van der Waals surface area contributed by atoms with Crippen molar-refractivity contribution in [1.82, 2.24) is 0 Å². The summed E-state index contributed by atoms with van der Waals surface area (Å²) in [7, 11) is -1.49. The zero-order valence-electron chi connectivity index (χ0n) is 10.6. The highest BCUT2D eigenvalue weighted by Crippen LogP contribution is 2.33. The molecule has 2 atom stereocenters. The molecule has 0 bridgehead atoms. The lowest BCUT2D eigenvalue weighted by Crippen LogP contribution is -2.35. The van der Waals surface area contributed by atoms with E-state index in [1.807, 2.05) is 12.2 Å². The van der Waals surface area contributed by atoms with Crippen molar-refractivity contribution in [3.05, 3.63) is 36.6 Å². The highest BCUT2D eigenvalue weighted by Gasteiger charge is 2.33. The molecule has 0 heterocycles. The second-order valence-corrected chi connectivity index (χ2v) is 10.6. The Bertz CT molecular complexity index is 333. The molecule has 0 aromatic heterocycles. The smallest absolute Gasteiger partial charge is 0.155 e. The normalized spacial score (nSPS) is 26.2. The first kappa shape index (κ1) is 13.2. The maximum atomic E-state index is 12.1. The molecule has 1 aliphatic carbocycles. The van der Waals surface area contributed by atoms with Crippen molar-refractivity contribution in [2.45, 2.75) is 32.5 Å². The Hall–Kier alpha value is -0.893. The molecule has 0 fully saturated rings. The highest BCUT2D eigenvalue weighted by molar-refractivity contribution is 6.87. The number of allylic oxidation sites excluding steroid dienone is 4. The van der Waals surface area contributed by atoms with Crippen molar-refractivity contribution in [3.8, 4) is 0 Å². The molecule has 0 N–H and O–H groups in total. The van der Waals surface area contributed by atoms with Gasteiger partial charge in [0.15, 0.2) is 5.78 Å². The molecule has 0 amide bonds. The summed E-state index contributed by atoms with van der Waals surface area (Å²) in [6, 6.07) is 0. The van der Waals surface area contributed by atoms with Crippen LogP contribution in [0.2, 0.25) is 19.6 Å². The van der Waals surface area contributed by atoms with Crippen LogP contribution in [0.15, 0.2) is 36.6 Å². The number of carbonyl (C=O) groups is 1. The van der Waals surface area contributed by atoms with Gasteiger partial charge in [-0.1, -0.05) is 37.9 Å². The van der Waals surface area contributed by atoms with Crippen LogP contribution in [0.5, 0.6) is 0 Å². The Morgan fingerprint density at radius 2 is 2.06 bits per heavy atom. The van der Waals surface area contributed by atoms with Gasteiger partial charge in [-0.3, -0.25) is 4.79 Å². The largest absolute Gasteiger partial charge is 0.295 e. The Morgan fingerprint density at radius 1 is 1.44 bits per heavy atom. The van der Waals surface area contributed by atoms with E-state index in [2.05, 4.69) is 38.9 Å². The van der Waals surface area contributed by atoms with Gasteiger partial charge in [-0.05, 0) is 23.5 Å². The van der Waals surface area contributed by atoms with Crippen molar-refractivity contribution in [2.24, 2.45) is 11.8 Å². The van der Waals surface area contributed by atoms with E-state index in [4.69, 9.17) is 0 Å². The third-order valence-electron chi connectivity index (χ3n) is 3.20. The average molecular weight is 234 g/mol. The minimum atomic E-state index is -1.49. The second kappa shape index (κ2) is 4.96. The number of carbonyl (C=O) groups excluding carboxylic acids is 1. The Labute approximate surface area is 100.0 Å². The van der Waals surface area contributed by atoms with Crippen LogP contribution in [-0.4, -0.2) is 13.9 Å². The summed E-state index contributed by atoms with van der Waals surface area (Å²) < 4.78 is 0. The minimum Gasteiger partial charge on any atom is -0.295 e. The van der Waals surface area contributed by atoms with Crippen LogP contribution < -0.4 is 0 Å². The zero-order valence-corrected chi connectivity index (χ0v) is 11.6. The quantitative estimate of drug-likeness (QED) is 0.535. The van der Waals surface area contributed by atoms with E-state index in [-0.39, 0.29) is 0 Å². The summed E-state index contributed by atoms with van der Waals surface area (Å²) in [5, 5.41) is 1.11. The van der Waals surface area contributed by atoms with Crippen molar-refractivity contribution < 1.29 is 4.79 Å². The number of rotatable bonds is 4. The number of hydrogen-bond acceptors (Lipinski definition) is 1. The van der Waals surface area contributed by atoms with Crippen molar-refractivity contribution in [1.29, 1.82) is 0 Å². The highest BCUT2D eigenvalue weighted by atomic mass is 28.3. The lowest BCUT2D eigenvalue weighted by atomic mass is 9.81. The predicted molar refractivity (Wildman–Crippen MR) is 73.0 cm³/mol. The van der Waals surface area contributed by atoms with Gasteiger partial charge < -0.3 is 0 Å². The summed E-state index contributed by atoms with van der Waals surface area (Å²) in [5.41, 5.74) is 0. The van der Waals surface area contributed by atoms with E-state index < -0.39 is 8.07 Å².